The lowest BCUT2D eigenvalue weighted by molar-refractivity contribution is -0.119. The molecule has 0 saturated carbocycles. The van der Waals surface area contributed by atoms with Crippen LogP contribution in [-0.2, 0) is 4.79 Å². The Balaban J connectivity index is 1.57. The Morgan fingerprint density at radius 2 is 1.86 bits per heavy atom. The maximum Gasteiger partial charge on any atom is 0.250 e. The van der Waals surface area contributed by atoms with Crippen molar-refractivity contribution in [1.29, 1.82) is 0 Å². The molecule has 3 aromatic rings. The quantitative estimate of drug-likeness (QED) is 0.533. The first-order chi connectivity index (χ1) is 13.6. The second-order valence-electron chi connectivity index (χ2n) is 6.66. The minimum absolute atomic E-state index is 0.0649. The van der Waals surface area contributed by atoms with E-state index in [9.17, 15) is 9.59 Å². The van der Waals surface area contributed by atoms with E-state index in [1.807, 2.05) is 36.4 Å². The van der Waals surface area contributed by atoms with E-state index in [2.05, 4.69) is 25.9 Å². The van der Waals surface area contributed by atoms with Gasteiger partial charge in [0.15, 0.2) is 0 Å². The standard InChI is InChI=1S/C20H20N6O2/c21-18(27)13-7-4-8-14-17(13)23-11-24-19(14)26-16-10-22-9-15(16)20(28)25-12-5-2-1-3-6-12/h1-8,11,15-16,22H,9-10H2,(H2,21,27)(H,25,28)(H,23,24,26)/t15-,16-/m0/s1. The van der Waals surface area contributed by atoms with Gasteiger partial charge in [0.2, 0.25) is 5.91 Å². The third-order valence-corrected chi connectivity index (χ3v) is 4.84. The molecule has 1 aliphatic heterocycles. The molecule has 4 rings (SSSR count). The van der Waals surface area contributed by atoms with Crippen molar-refractivity contribution in [3.05, 3.63) is 60.4 Å². The van der Waals surface area contributed by atoms with Gasteiger partial charge in [0.25, 0.3) is 5.91 Å². The Kier molecular flexibility index (Phi) is 4.86. The van der Waals surface area contributed by atoms with Gasteiger partial charge in [-0.05, 0) is 24.3 Å². The summed E-state index contributed by atoms with van der Waals surface area (Å²) in [5.74, 6) is -0.313. The van der Waals surface area contributed by atoms with Gasteiger partial charge in [-0.25, -0.2) is 9.97 Å². The van der Waals surface area contributed by atoms with Crippen LogP contribution in [0.15, 0.2) is 54.9 Å². The average molecular weight is 376 g/mol. The topological polar surface area (TPSA) is 122 Å². The molecule has 2 aromatic carbocycles. The van der Waals surface area contributed by atoms with E-state index in [1.165, 1.54) is 6.33 Å². The van der Waals surface area contributed by atoms with Crippen molar-refractivity contribution < 1.29 is 9.59 Å². The molecule has 0 bridgehead atoms. The number of primary amides is 1. The predicted molar refractivity (Wildman–Crippen MR) is 107 cm³/mol. The van der Waals surface area contributed by atoms with Crippen LogP contribution in [0.25, 0.3) is 10.9 Å². The first-order valence-corrected chi connectivity index (χ1v) is 9.00. The fourth-order valence-corrected chi connectivity index (χ4v) is 3.44. The molecule has 2 heterocycles. The van der Waals surface area contributed by atoms with Gasteiger partial charge in [-0.15, -0.1) is 0 Å². The number of anilines is 2. The molecule has 28 heavy (non-hydrogen) atoms. The second kappa shape index (κ2) is 7.61. The predicted octanol–water partition coefficient (Wildman–Crippen LogP) is 1.37. The molecule has 1 aliphatic rings. The highest BCUT2D eigenvalue weighted by Gasteiger charge is 2.33. The maximum atomic E-state index is 12.7. The van der Waals surface area contributed by atoms with E-state index in [-0.39, 0.29) is 17.9 Å². The first kappa shape index (κ1) is 17.9. The van der Waals surface area contributed by atoms with Crippen molar-refractivity contribution in [3.63, 3.8) is 0 Å². The summed E-state index contributed by atoms with van der Waals surface area (Å²) in [6.45, 7) is 1.18. The molecule has 0 unspecified atom stereocenters. The van der Waals surface area contributed by atoms with Crippen LogP contribution in [0.1, 0.15) is 10.4 Å². The second-order valence-corrected chi connectivity index (χ2v) is 6.66. The molecule has 2 atom stereocenters. The van der Waals surface area contributed by atoms with E-state index in [0.29, 0.717) is 35.4 Å². The minimum Gasteiger partial charge on any atom is -0.366 e. The highest BCUT2D eigenvalue weighted by molar-refractivity contribution is 6.07. The Bertz CT molecular complexity index is 1020. The summed E-state index contributed by atoms with van der Waals surface area (Å²) in [6.07, 6.45) is 1.39. The number of nitrogens with zero attached hydrogens (tertiary/aromatic N) is 2. The van der Waals surface area contributed by atoms with Gasteiger partial charge in [-0.3, -0.25) is 9.59 Å². The molecule has 2 amide bonds. The van der Waals surface area contributed by atoms with E-state index in [4.69, 9.17) is 5.73 Å². The van der Waals surface area contributed by atoms with Gasteiger partial charge in [-0.2, -0.15) is 0 Å². The number of hydrogen-bond acceptors (Lipinski definition) is 6. The molecule has 1 fully saturated rings. The molecule has 0 radical (unpaired) electrons. The van der Waals surface area contributed by atoms with Crippen LogP contribution in [0.5, 0.6) is 0 Å². The summed E-state index contributed by atoms with van der Waals surface area (Å²) in [6, 6.07) is 14.4. The number of benzene rings is 2. The molecule has 142 valence electrons. The van der Waals surface area contributed by atoms with E-state index >= 15 is 0 Å². The lowest BCUT2D eigenvalue weighted by atomic mass is 10.0. The van der Waals surface area contributed by atoms with E-state index < -0.39 is 5.91 Å². The molecular formula is C20H20N6O2. The van der Waals surface area contributed by atoms with Crippen molar-refractivity contribution in [2.24, 2.45) is 11.7 Å². The third-order valence-electron chi connectivity index (χ3n) is 4.84. The zero-order chi connectivity index (χ0) is 19.5. The van der Waals surface area contributed by atoms with Crippen molar-refractivity contribution in [3.8, 4) is 0 Å². The third kappa shape index (κ3) is 3.49. The number of carbonyl (C=O) groups is 2. The summed E-state index contributed by atoms with van der Waals surface area (Å²) in [5, 5.41) is 10.2. The Morgan fingerprint density at radius 1 is 1.04 bits per heavy atom. The van der Waals surface area contributed by atoms with Crippen LogP contribution < -0.4 is 21.7 Å². The fourth-order valence-electron chi connectivity index (χ4n) is 3.44. The number of aromatic nitrogens is 2. The largest absolute Gasteiger partial charge is 0.366 e. The highest BCUT2D eigenvalue weighted by atomic mass is 16.2. The SMILES string of the molecule is NC(=O)c1cccc2c(N[C@H]3CNC[C@@H]3C(=O)Nc3ccccc3)ncnc12. The van der Waals surface area contributed by atoms with E-state index in [1.54, 1.807) is 12.1 Å². The van der Waals surface area contributed by atoms with Crippen molar-refractivity contribution in [2.45, 2.75) is 6.04 Å². The summed E-state index contributed by atoms with van der Waals surface area (Å²) in [7, 11) is 0. The summed E-state index contributed by atoms with van der Waals surface area (Å²) < 4.78 is 0. The van der Waals surface area contributed by atoms with Gasteiger partial charge in [0.1, 0.15) is 12.1 Å². The van der Waals surface area contributed by atoms with Crippen LogP contribution in [0.3, 0.4) is 0 Å². The smallest absolute Gasteiger partial charge is 0.250 e. The molecule has 0 spiro atoms. The van der Waals surface area contributed by atoms with Crippen LogP contribution in [0.4, 0.5) is 11.5 Å². The maximum absolute atomic E-state index is 12.7. The Hall–Kier alpha value is -3.52. The molecule has 8 nitrogen and oxygen atoms in total. The molecule has 1 saturated heterocycles. The minimum atomic E-state index is -0.544. The number of amides is 2. The van der Waals surface area contributed by atoms with Crippen molar-refractivity contribution in [1.82, 2.24) is 15.3 Å². The van der Waals surface area contributed by atoms with Crippen molar-refractivity contribution in [2.75, 3.05) is 23.7 Å². The lowest BCUT2D eigenvalue weighted by Crippen LogP contribution is -2.37. The lowest BCUT2D eigenvalue weighted by Gasteiger charge is -2.21. The highest BCUT2D eigenvalue weighted by Crippen LogP contribution is 2.25. The van der Waals surface area contributed by atoms with Crippen LogP contribution in [-0.4, -0.2) is 40.9 Å². The van der Waals surface area contributed by atoms with E-state index in [0.717, 1.165) is 5.69 Å². The summed E-state index contributed by atoms with van der Waals surface area (Å²) in [4.78, 5) is 32.9. The number of nitrogens with two attached hydrogens (primary N) is 1. The van der Waals surface area contributed by atoms with Gasteiger partial charge in [0.05, 0.1) is 23.0 Å². The first-order valence-electron chi connectivity index (χ1n) is 9.00. The Morgan fingerprint density at radius 3 is 2.64 bits per heavy atom. The van der Waals surface area contributed by atoms with Gasteiger partial charge in [-0.1, -0.05) is 24.3 Å². The number of hydrogen-bond donors (Lipinski definition) is 4. The molecular weight excluding hydrogens is 356 g/mol. The number of carbonyl (C=O) groups excluding carboxylic acids is 2. The fraction of sp³-hybridized carbons (Fsp3) is 0.200. The molecule has 1 aromatic heterocycles. The average Bonchev–Trinajstić information content (AvgIpc) is 3.17. The Labute approximate surface area is 161 Å². The van der Waals surface area contributed by atoms with Gasteiger partial charge < -0.3 is 21.7 Å². The normalized spacial score (nSPS) is 18.7. The van der Waals surface area contributed by atoms with Gasteiger partial charge >= 0.3 is 0 Å². The summed E-state index contributed by atoms with van der Waals surface area (Å²) in [5.41, 5.74) is 7.04. The zero-order valence-electron chi connectivity index (χ0n) is 15.1. The number of fused-ring (bicyclic) bond motifs is 1. The molecule has 5 N–H and O–H groups in total. The summed E-state index contributed by atoms with van der Waals surface area (Å²) >= 11 is 0. The van der Waals surface area contributed by atoms with Crippen molar-refractivity contribution >= 4 is 34.2 Å². The van der Waals surface area contributed by atoms with Crippen LogP contribution in [0.2, 0.25) is 0 Å². The van der Waals surface area contributed by atoms with Crippen LogP contribution in [0, 0.1) is 5.92 Å². The number of para-hydroxylation sites is 2. The van der Waals surface area contributed by atoms with Crippen LogP contribution >= 0.6 is 0 Å². The zero-order valence-corrected chi connectivity index (χ0v) is 15.1. The number of nitrogens with one attached hydrogen (secondary N) is 3. The molecule has 8 heteroatoms. The number of rotatable bonds is 5. The molecule has 0 aliphatic carbocycles. The van der Waals surface area contributed by atoms with Gasteiger partial charge in [0, 0.05) is 24.2 Å². The monoisotopic (exact) mass is 376 g/mol.